The van der Waals surface area contributed by atoms with Crippen LogP contribution in [0.5, 0.6) is 0 Å². The Balaban J connectivity index is 2.90. The molecule has 0 aromatic heterocycles. The first-order chi connectivity index (χ1) is 4.41. The molecule has 0 unspecified atom stereocenters. The lowest BCUT2D eigenvalue weighted by Gasteiger charge is -1.91. The topological polar surface area (TPSA) is 12.0 Å². The lowest BCUT2D eigenvalue weighted by molar-refractivity contribution is 0.747. The molecule has 0 spiro atoms. The molecule has 1 N–H and O–H groups in total. The van der Waals surface area contributed by atoms with Crippen molar-refractivity contribution >= 4 is 22.6 Å². The lowest BCUT2D eigenvalue weighted by atomic mass is 10.3. The predicted molar refractivity (Wildman–Crippen MR) is 49.6 cm³/mol. The van der Waals surface area contributed by atoms with Gasteiger partial charge in [0.1, 0.15) is 0 Å². The van der Waals surface area contributed by atoms with Gasteiger partial charge in [-0.3, -0.25) is 0 Å². The highest BCUT2D eigenvalue weighted by Crippen LogP contribution is 1.80. The van der Waals surface area contributed by atoms with Crippen molar-refractivity contribution in [1.29, 1.82) is 0 Å². The van der Waals surface area contributed by atoms with Gasteiger partial charge < -0.3 is 5.32 Å². The monoisotopic (exact) mass is 237 g/mol. The second-order valence-electron chi connectivity index (χ2n) is 1.72. The fraction of sp³-hybridized carbons (Fsp3) is 0.714. The van der Waals surface area contributed by atoms with Gasteiger partial charge in [-0.05, 0) is 6.42 Å². The molecule has 0 rings (SSSR count). The Bertz CT molecular complexity index is 101. The molecule has 0 fully saturated rings. The summed E-state index contributed by atoms with van der Waals surface area (Å²) in [4.78, 5) is 0. The quantitative estimate of drug-likeness (QED) is 0.259. The van der Waals surface area contributed by atoms with E-state index in [-0.39, 0.29) is 0 Å². The number of alkyl halides is 1. The molecule has 0 aliphatic rings. The van der Waals surface area contributed by atoms with Crippen molar-refractivity contribution in [2.45, 2.75) is 19.8 Å². The van der Waals surface area contributed by atoms with Crippen LogP contribution in [0.1, 0.15) is 19.8 Å². The van der Waals surface area contributed by atoms with E-state index in [1.807, 2.05) is 0 Å². The first-order valence-corrected chi connectivity index (χ1v) is 4.71. The minimum atomic E-state index is 0.914. The Morgan fingerprint density at radius 1 is 1.56 bits per heavy atom. The molecule has 0 aromatic rings. The summed E-state index contributed by atoms with van der Waals surface area (Å²) in [6.45, 7) is 3.20. The van der Waals surface area contributed by atoms with E-state index < -0.39 is 0 Å². The second kappa shape index (κ2) is 8.09. The SMILES string of the molecule is CCCCNC#CCI. The number of hydrogen-bond donors (Lipinski definition) is 1. The Morgan fingerprint density at radius 3 is 2.89 bits per heavy atom. The zero-order valence-electron chi connectivity index (χ0n) is 5.71. The molecule has 0 amide bonds. The number of hydrogen-bond acceptors (Lipinski definition) is 1. The van der Waals surface area contributed by atoms with Crippen LogP contribution in [-0.4, -0.2) is 11.0 Å². The Morgan fingerprint density at radius 2 is 2.33 bits per heavy atom. The van der Waals surface area contributed by atoms with Gasteiger partial charge in [0, 0.05) is 12.6 Å². The van der Waals surface area contributed by atoms with E-state index in [9.17, 15) is 0 Å². The van der Waals surface area contributed by atoms with Crippen molar-refractivity contribution in [2.75, 3.05) is 11.0 Å². The highest BCUT2D eigenvalue weighted by Gasteiger charge is 1.76. The number of rotatable bonds is 3. The van der Waals surface area contributed by atoms with Gasteiger partial charge in [-0.15, -0.1) is 0 Å². The Hall–Kier alpha value is 0.0900. The summed E-state index contributed by atoms with van der Waals surface area (Å²) >= 11 is 2.23. The molecule has 0 aliphatic carbocycles. The van der Waals surface area contributed by atoms with Gasteiger partial charge in [0.2, 0.25) is 0 Å². The van der Waals surface area contributed by atoms with Gasteiger partial charge in [-0.1, -0.05) is 41.9 Å². The van der Waals surface area contributed by atoms with Gasteiger partial charge >= 0.3 is 0 Å². The smallest absolute Gasteiger partial charge is 0.0627 e. The molecule has 0 bridgehead atoms. The van der Waals surface area contributed by atoms with Crippen LogP contribution in [0.2, 0.25) is 0 Å². The van der Waals surface area contributed by atoms with E-state index in [4.69, 9.17) is 0 Å². The van der Waals surface area contributed by atoms with E-state index in [0.29, 0.717) is 0 Å². The van der Waals surface area contributed by atoms with Gasteiger partial charge in [0.25, 0.3) is 0 Å². The van der Waals surface area contributed by atoms with Gasteiger partial charge in [-0.25, -0.2) is 0 Å². The van der Waals surface area contributed by atoms with Crippen LogP contribution in [0.15, 0.2) is 0 Å². The van der Waals surface area contributed by atoms with E-state index in [1.165, 1.54) is 12.8 Å². The summed E-state index contributed by atoms with van der Waals surface area (Å²) < 4.78 is 0.914. The third-order valence-corrected chi connectivity index (χ3v) is 1.28. The molecular formula is C7H12IN. The van der Waals surface area contributed by atoms with Crippen LogP contribution in [0.3, 0.4) is 0 Å². The minimum Gasteiger partial charge on any atom is -0.346 e. The van der Waals surface area contributed by atoms with Gasteiger partial charge in [-0.2, -0.15) is 0 Å². The third kappa shape index (κ3) is 8.09. The molecule has 0 heterocycles. The Kier molecular flexibility index (Phi) is 8.17. The molecule has 52 valence electrons. The van der Waals surface area contributed by atoms with Gasteiger partial charge in [0.15, 0.2) is 0 Å². The highest BCUT2D eigenvalue weighted by atomic mass is 127. The second-order valence-corrected chi connectivity index (χ2v) is 2.48. The normalized spacial score (nSPS) is 7.78. The first kappa shape index (κ1) is 9.09. The van der Waals surface area contributed by atoms with Crippen molar-refractivity contribution in [3.63, 3.8) is 0 Å². The van der Waals surface area contributed by atoms with Crippen LogP contribution in [0.4, 0.5) is 0 Å². The van der Waals surface area contributed by atoms with Crippen molar-refractivity contribution < 1.29 is 0 Å². The standard InChI is InChI=1S/C7H12IN/c1-2-3-6-9-7-4-5-8/h9H,2-3,5-6H2,1H3. The summed E-state index contributed by atoms with van der Waals surface area (Å²) in [7, 11) is 0. The molecule has 0 aliphatic heterocycles. The highest BCUT2D eigenvalue weighted by molar-refractivity contribution is 14.1. The fourth-order valence-corrected chi connectivity index (χ4v) is 0.614. The van der Waals surface area contributed by atoms with Crippen molar-refractivity contribution in [3.8, 4) is 12.0 Å². The molecule has 1 nitrogen and oxygen atoms in total. The van der Waals surface area contributed by atoms with Crippen LogP contribution in [0.25, 0.3) is 0 Å². The molecule has 0 saturated carbocycles. The summed E-state index contributed by atoms with van der Waals surface area (Å²) in [6, 6.07) is 2.86. The summed E-state index contributed by atoms with van der Waals surface area (Å²) in [5.74, 6) is 2.93. The lowest BCUT2D eigenvalue weighted by Crippen LogP contribution is -2.06. The van der Waals surface area contributed by atoms with Gasteiger partial charge in [0.05, 0.1) is 4.43 Å². The molecule has 0 saturated heterocycles. The van der Waals surface area contributed by atoms with E-state index in [2.05, 4.69) is 46.8 Å². The van der Waals surface area contributed by atoms with Crippen molar-refractivity contribution in [3.05, 3.63) is 0 Å². The summed E-state index contributed by atoms with van der Waals surface area (Å²) in [5, 5.41) is 3.02. The molecule has 2 heteroatoms. The maximum Gasteiger partial charge on any atom is 0.0627 e. The van der Waals surface area contributed by atoms with Crippen LogP contribution < -0.4 is 5.32 Å². The number of halogens is 1. The number of nitrogens with one attached hydrogen (secondary N) is 1. The van der Waals surface area contributed by atoms with Crippen LogP contribution in [0, 0.1) is 12.0 Å². The Labute approximate surface area is 70.7 Å². The molecule has 9 heavy (non-hydrogen) atoms. The average molecular weight is 237 g/mol. The average Bonchev–Trinajstić information content (AvgIpc) is 1.89. The zero-order chi connectivity index (χ0) is 6.95. The largest absolute Gasteiger partial charge is 0.346 e. The molecule has 0 radical (unpaired) electrons. The van der Waals surface area contributed by atoms with Crippen LogP contribution >= 0.6 is 22.6 Å². The maximum absolute atomic E-state index is 3.02. The first-order valence-electron chi connectivity index (χ1n) is 3.18. The van der Waals surface area contributed by atoms with E-state index >= 15 is 0 Å². The van der Waals surface area contributed by atoms with E-state index in [1.54, 1.807) is 0 Å². The van der Waals surface area contributed by atoms with E-state index in [0.717, 1.165) is 11.0 Å². The maximum atomic E-state index is 3.02. The third-order valence-electron chi connectivity index (χ3n) is 0.899. The zero-order valence-corrected chi connectivity index (χ0v) is 7.86. The predicted octanol–water partition coefficient (Wildman–Crippen LogP) is 1.77. The fourth-order valence-electron chi connectivity index (χ4n) is 0.424. The summed E-state index contributed by atoms with van der Waals surface area (Å²) in [6.07, 6.45) is 2.45. The number of unbranched alkanes of at least 4 members (excludes halogenated alkanes) is 1. The molecule has 0 atom stereocenters. The molecule has 0 aromatic carbocycles. The minimum absolute atomic E-state index is 0.914. The molecular weight excluding hydrogens is 225 g/mol. The van der Waals surface area contributed by atoms with Crippen molar-refractivity contribution in [1.82, 2.24) is 5.32 Å². The summed E-state index contributed by atoms with van der Waals surface area (Å²) in [5.41, 5.74) is 0. The van der Waals surface area contributed by atoms with Crippen LogP contribution in [-0.2, 0) is 0 Å². The van der Waals surface area contributed by atoms with Crippen molar-refractivity contribution in [2.24, 2.45) is 0 Å².